The molecule has 0 aromatic carbocycles. The molecule has 0 unspecified atom stereocenters. The van der Waals surface area contributed by atoms with E-state index in [0.29, 0.717) is 11.6 Å². The van der Waals surface area contributed by atoms with Crippen LogP contribution in [0.5, 0.6) is 0 Å². The summed E-state index contributed by atoms with van der Waals surface area (Å²) in [6, 6.07) is 3.06. The Hall–Kier alpha value is -1.55. The molecule has 0 bridgehead atoms. The summed E-state index contributed by atoms with van der Waals surface area (Å²) in [5.41, 5.74) is 1.58. The van der Waals surface area contributed by atoms with Crippen molar-refractivity contribution in [2.24, 2.45) is 5.92 Å². The van der Waals surface area contributed by atoms with Crippen molar-refractivity contribution >= 4 is 23.3 Å². The maximum atomic E-state index is 11.5. The minimum absolute atomic E-state index is 0.271. The van der Waals surface area contributed by atoms with E-state index in [-0.39, 0.29) is 11.2 Å². The number of hydrogen-bond donors (Lipinski definition) is 2. The number of rotatable bonds is 3. The van der Waals surface area contributed by atoms with Crippen LogP contribution in [0.15, 0.2) is 30.1 Å². The summed E-state index contributed by atoms with van der Waals surface area (Å²) < 4.78 is 0. The first-order chi connectivity index (χ1) is 8.00. The second kappa shape index (κ2) is 6.25. The van der Waals surface area contributed by atoms with E-state index in [9.17, 15) is 4.79 Å². The Bertz CT molecular complexity index is 430. The van der Waals surface area contributed by atoms with Crippen molar-refractivity contribution < 1.29 is 4.79 Å². The Morgan fingerprint density at radius 2 is 2.24 bits per heavy atom. The number of carbonyl (C=O) groups excluding carboxylic acids is 1. The molecule has 0 saturated carbocycles. The number of anilines is 1. The Morgan fingerprint density at radius 3 is 2.82 bits per heavy atom. The van der Waals surface area contributed by atoms with Gasteiger partial charge >= 0.3 is 6.03 Å². The van der Waals surface area contributed by atoms with Gasteiger partial charge < -0.3 is 10.6 Å². The minimum Gasteiger partial charge on any atom is -0.314 e. The lowest BCUT2D eigenvalue weighted by atomic mass is 10.1. The highest BCUT2D eigenvalue weighted by atomic mass is 35.5. The number of amides is 2. The van der Waals surface area contributed by atoms with Crippen LogP contribution >= 0.6 is 11.6 Å². The van der Waals surface area contributed by atoms with Crippen LogP contribution in [0.3, 0.4) is 0 Å². The van der Waals surface area contributed by atoms with Crippen LogP contribution < -0.4 is 10.6 Å². The highest BCUT2D eigenvalue weighted by Crippen LogP contribution is 2.17. The molecule has 1 aromatic heterocycles. The molecule has 4 nitrogen and oxygen atoms in total. The third-order valence-electron chi connectivity index (χ3n) is 2.35. The summed E-state index contributed by atoms with van der Waals surface area (Å²) in [7, 11) is 0. The quantitative estimate of drug-likeness (QED) is 0.811. The molecule has 0 fully saturated rings. The van der Waals surface area contributed by atoms with Gasteiger partial charge in [-0.2, -0.15) is 0 Å². The van der Waals surface area contributed by atoms with Gasteiger partial charge in [0.2, 0.25) is 0 Å². The smallest absolute Gasteiger partial charge is 0.314 e. The molecule has 5 heteroatoms. The first-order valence-corrected chi connectivity index (χ1v) is 5.73. The van der Waals surface area contributed by atoms with Crippen molar-refractivity contribution in [2.75, 3.05) is 5.32 Å². The van der Waals surface area contributed by atoms with Gasteiger partial charge in [-0.15, -0.1) is 0 Å². The van der Waals surface area contributed by atoms with Gasteiger partial charge in [0.25, 0.3) is 0 Å². The van der Waals surface area contributed by atoms with Crippen LogP contribution in [-0.4, -0.2) is 11.0 Å². The molecule has 0 aliphatic carbocycles. The van der Waals surface area contributed by atoms with Gasteiger partial charge in [-0.3, -0.25) is 0 Å². The van der Waals surface area contributed by atoms with Gasteiger partial charge in [0, 0.05) is 12.4 Å². The second-order valence-electron chi connectivity index (χ2n) is 3.98. The zero-order chi connectivity index (χ0) is 12.8. The van der Waals surface area contributed by atoms with E-state index < -0.39 is 0 Å². The Morgan fingerprint density at radius 1 is 1.53 bits per heavy atom. The van der Waals surface area contributed by atoms with Crippen molar-refractivity contribution in [2.45, 2.75) is 20.8 Å². The SMILES string of the molecule is C/C(=C\NC(=O)Nc1cccnc1Cl)C(C)C. The van der Waals surface area contributed by atoms with Gasteiger partial charge in [-0.05, 0) is 25.0 Å². The van der Waals surface area contributed by atoms with E-state index in [0.717, 1.165) is 5.57 Å². The average Bonchev–Trinajstić information content (AvgIpc) is 2.29. The fourth-order valence-corrected chi connectivity index (χ4v) is 1.15. The standard InChI is InChI=1S/C12H16ClN3O/c1-8(2)9(3)7-15-12(17)16-10-5-4-6-14-11(10)13/h4-8H,1-3H3,(H2,15,16,17)/b9-7+. The number of aromatic nitrogens is 1. The number of hydrogen-bond acceptors (Lipinski definition) is 2. The van der Waals surface area contributed by atoms with E-state index >= 15 is 0 Å². The van der Waals surface area contributed by atoms with Crippen molar-refractivity contribution in [3.63, 3.8) is 0 Å². The molecule has 1 aromatic rings. The lowest BCUT2D eigenvalue weighted by Crippen LogP contribution is -2.24. The molecular formula is C12H16ClN3O. The van der Waals surface area contributed by atoms with Gasteiger partial charge in [-0.1, -0.05) is 31.0 Å². The van der Waals surface area contributed by atoms with Crippen LogP contribution in [0, 0.1) is 5.92 Å². The molecule has 1 rings (SSSR count). The van der Waals surface area contributed by atoms with Crippen molar-refractivity contribution in [1.82, 2.24) is 10.3 Å². The van der Waals surface area contributed by atoms with Crippen LogP contribution in [-0.2, 0) is 0 Å². The van der Waals surface area contributed by atoms with E-state index in [1.807, 2.05) is 6.92 Å². The number of halogens is 1. The summed E-state index contributed by atoms with van der Waals surface area (Å²) in [4.78, 5) is 15.4. The van der Waals surface area contributed by atoms with Gasteiger partial charge in [-0.25, -0.2) is 9.78 Å². The molecule has 0 atom stereocenters. The maximum Gasteiger partial charge on any atom is 0.323 e. The molecule has 92 valence electrons. The molecule has 0 aliphatic heterocycles. The van der Waals surface area contributed by atoms with E-state index in [1.54, 1.807) is 24.5 Å². The first kappa shape index (κ1) is 13.5. The van der Waals surface area contributed by atoms with Gasteiger partial charge in [0.1, 0.15) is 0 Å². The number of allylic oxidation sites excluding steroid dienone is 1. The number of nitrogens with zero attached hydrogens (tertiary/aromatic N) is 1. The molecular weight excluding hydrogens is 238 g/mol. The largest absolute Gasteiger partial charge is 0.323 e. The predicted octanol–water partition coefficient (Wildman–Crippen LogP) is 3.42. The monoisotopic (exact) mass is 253 g/mol. The molecule has 1 heterocycles. The Balaban J connectivity index is 2.57. The molecule has 0 saturated heterocycles. The lowest BCUT2D eigenvalue weighted by molar-refractivity contribution is 0.255. The number of nitrogens with one attached hydrogen (secondary N) is 2. The third-order valence-corrected chi connectivity index (χ3v) is 2.65. The Kier molecular flexibility index (Phi) is 4.97. The minimum atomic E-state index is -0.333. The lowest BCUT2D eigenvalue weighted by Gasteiger charge is -2.08. The molecule has 0 spiro atoms. The predicted molar refractivity (Wildman–Crippen MR) is 70.0 cm³/mol. The number of urea groups is 1. The Labute approximate surface area is 106 Å². The first-order valence-electron chi connectivity index (χ1n) is 5.35. The average molecular weight is 254 g/mol. The zero-order valence-corrected chi connectivity index (χ0v) is 10.9. The fourth-order valence-electron chi connectivity index (χ4n) is 0.984. The summed E-state index contributed by atoms with van der Waals surface area (Å²) in [5, 5.41) is 5.53. The van der Waals surface area contributed by atoms with Crippen molar-refractivity contribution in [3.05, 3.63) is 35.3 Å². The topological polar surface area (TPSA) is 54.0 Å². The summed E-state index contributed by atoms with van der Waals surface area (Å²) >= 11 is 5.81. The fraction of sp³-hybridized carbons (Fsp3) is 0.333. The second-order valence-corrected chi connectivity index (χ2v) is 4.34. The maximum absolute atomic E-state index is 11.5. The van der Waals surface area contributed by atoms with Crippen LogP contribution in [0.25, 0.3) is 0 Å². The molecule has 17 heavy (non-hydrogen) atoms. The van der Waals surface area contributed by atoms with Gasteiger partial charge in [0.05, 0.1) is 5.69 Å². The van der Waals surface area contributed by atoms with Crippen LogP contribution in [0.2, 0.25) is 5.15 Å². The highest BCUT2D eigenvalue weighted by Gasteiger charge is 2.04. The van der Waals surface area contributed by atoms with E-state index in [4.69, 9.17) is 11.6 Å². The molecule has 0 radical (unpaired) electrons. The highest BCUT2D eigenvalue weighted by molar-refractivity contribution is 6.32. The summed E-state index contributed by atoms with van der Waals surface area (Å²) in [6.45, 7) is 6.08. The summed E-state index contributed by atoms with van der Waals surface area (Å²) in [6.07, 6.45) is 3.25. The normalized spacial score (nSPS) is 11.5. The molecule has 2 N–H and O–H groups in total. The van der Waals surface area contributed by atoms with Crippen LogP contribution in [0.4, 0.5) is 10.5 Å². The van der Waals surface area contributed by atoms with E-state index in [2.05, 4.69) is 29.5 Å². The summed E-state index contributed by atoms with van der Waals surface area (Å²) in [5.74, 6) is 0.400. The number of pyridine rings is 1. The van der Waals surface area contributed by atoms with Crippen LogP contribution in [0.1, 0.15) is 20.8 Å². The third kappa shape index (κ3) is 4.44. The van der Waals surface area contributed by atoms with Crippen molar-refractivity contribution in [1.29, 1.82) is 0 Å². The molecule has 2 amide bonds. The van der Waals surface area contributed by atoms with Gasteiger partial charge in [0.15, 0.2) is 5.15 Å². The molecule has 0 aliphatic rings. The van der Waals surface area contributed by atoms with Crippen molar-refractivity contribution in [3.8, 4) is 0 Å². The van der Waals surface area contributed by atoms with E-state index in [1.165, 1.54) is 0 Å². The zero-order valence-electron chi connectivity index (χ0n) is 10.1. The number of carbonyl (C=O) groups is 1.